The Bertz CT molecular complexity index is 820. The third kappa shape index (κ3) is 2.66. The number of ether oxygens (including phenoxy) is 3. The molecular formula is C17H16O8. The fourth-order valence-electron chi connectivity index (χ4n) is 2.74. The summed E-state index contributed by atoms with van der Waals surface area (Å²) in [5, 5.41) is 39.7. The van der Waals surface area contributed by atoms with Crippen LogP contribution >= 0.6 is 0 Å². The van der Waals surface area contributed by atoms with Crippen LogP contribution in [0.1, 0.15) is 23.3 Å². The molecule has 132 valence electrons. The van der Waals surface area contributed by atoms with Gasteiger partial charge in [-0.1, -0.05) is 0 Å². The van der Waals surface area contributed by atoms with Crippen molar-refractivity contribution in [2.24, 2.45) is 0 Å². The van der Waals surface area contributed by atoms with Crippen molar-refractivity contribution in [3.05, 3.63) is 35.4 Å². The maximum absolute atomic E-state index is 12.5. The van der Waals surface area contributed by atoms with Crippen molar-refractivity contribution in [2.75, 3.05) is 14.2 Å². The lowest BCUT2D eigenvalue weighted by Crippen LogP contribution is -2.30. The molecule has 2 aromatic carbocycles. The van der Waals surface area contributed by atoms with Crippen LogP contribution in [0.15, 0.2) is 24.3 Å². The predicted molar refractivity (Wildman–Crippen MR) is 84.3 cm³/mol. The number of Topliss-reactive ketones (excluding diaryl/α,β-unsaturated/α-hetero) is 1. The zero-order valence-electron chi connectivity index (χ0n) is 13.4. The Kier molecular flexibility index (Phi) is 4.05. The minimum Gasteiger partial charge on any atom is -0.508 e. The van der Waals surface area contributed by atoms with E-state index in [-0.39, 0.29) is 39.9 Å². The quantitative estimate of drug-likeness (QED) is 0.658. The molecule has 0 saturated heterocycles. The SMILES string of the molecule is COc1cc(C2Oc3cc(O)cc(O)c3C(O)C2=O)cc(OC)c1O. The standard InChI is InChI=1S/C17H16O8/c1-23-11-3-7(4-12(24-2)14(11)20)17-16(22)15(21)13-9(19)5-8(18)6-10(13)25-17/h3-6,15,17-21H,1-2H3. The largest absolute Gasteiger partial charge is 0.508 e. The molecule has 25 heavy (non-hydrogen) atoms. The first-order valence-corrected chi connectivity index (χ1v) is 7.26. The fraction of sp³-hybridized carbons (Fsp3) is 0.235. The Morgan fingerprint density at radius 3 is 2.16 bits per heavy atom. The molecule has 3 rings (SSSR count). The number of phenolic OH excluding ortho intramolecular Hbond substituents is 3. The molecular weight excluding hydrogens is 332 g/mol. The summed E-state index contributed by atoms with van der Waals surface area (Å²) >= 11 is 0. The summed E-state index contributed by atoms with van der Waals surface area (Å²) in [5.41, 5.74) is 0.154. The Morgan fingerprint density at radius 1 is 1.00 bits per heavy atom. The second-order valence-electron chi connectivity index (χ2n) is 5.45. The van der Waals surface area contributed by atoms with Gasteiger partial charge >= 0.3 is 0 Å². The number of benzene rings is 2. The van der Waals surface area contributed by atoms with Crippen LogP contribution in [-0.4, -0.2) is 40.4 Å². The van der Waals surface area contributed by atoms with E-state index in [1.165, 1.54) is 32.4 Å². The molecule has 0 bridgehead atoms. The highest BCUT2D eigenvalue weighted by atomic mass is 16.5. The number of ketones is 1. The third-order valence-electron chi connectivity index (χ3n) is 3.96. The molecule has 0 aliphatic carbocycles. The summed E-state index contributed by atoms with van der Waals surface area (Å²) in [6.07, 6.45) is -2.88. The fourth-order valence-corrected chi connectivity index (χ4v) is 2.74. The first-order chi connectivity index (χ1) is 11.9. The van der Waals surface area contributed by atoms with Crippen LogP contribution in [0.4, 0.5) is 0 Å². The Balaban J connectivity index is 2.11. The Morgan fingerprint density at radius 2 is 1.60 bits per heavy atom. The lowest BCUT2D eigenvalue weighted by atomic mass is 9.92. The number of hydrogen-bond donors (Lipinski definition) is 4. The number of aliphatic hydroxyl groups excluding tert-OH is 1. The van der Waals surface area contributed by atoms with Gasteiger partial charge in [0, 0.05) is 17.7 Å². The van der Waals surface area contributed by atoms with Gasteiger partial charge < -0.3 is 34.6 Å². The molecule has 1 heterocycles. The van der Waals surface area contributed by atoms with E-state index in [9.17, 15) is 25.2 Å². The van der Waals surface area contributed by atoms with Crippen LogP contribution in [0.5, 0.6) is 34.5 Å². The van der Waals surface area contributed by atoms with E-state index < -0.39 is 23.7 Å². The molecule has 8 heteroatoms. The first kappa shape index (κ1) is 16.7. The summed E-state index contributed by atoms with van der Waals surface area (Å²) < 4.78 is 15.7. The summed E-state index contributed by atoms with van der Waals surface area (Å²) in [5.74, 6) is -1.60. The number of aliphatic hydroxyl groups is 1. The number of methoxy groups -OCH3 is 2. The molecule has 1 aliphatic heterocycles. The average molecular weight is 348 g/mol. The average Bonchev–Trinajstić information content (AvgIpc) is 2.57. The topological polar surface area (TPSA) is 126 Å². The molecule has 8 nitrogen and oxygen atoms in total. The van der Waals surface area contributed by atoms with E-state index in [1.807, 2.05) is 0 Å². The first-order valence-electron chi connectivity index (χ1n) is 7.26. The van der Waals surface area contributed by atoms with E-state index in [0.29, 0.717) is 0 Å². The molecule has 2 aromatic rings. The van der Waals surface area contributed by atoms with Crippen LogP contribution in [-0.2, 0) is 4.79 Å². The predicted octanol–water partition coefficient (Wildman–Crippen LogP) is 1.56. The molecule has 0 fully saturated rings. The second-order valence-corrected chi connectivity index (χ2v) is 5.45. The number of fused-ring (bicyclic) bond motifs is 1. The zero-order chi connectivity index (χ0) is 18.3. The highest BCUT2D eigenvalue weighted by molar-refractivity contribution is 5.92. The van der Waals surface area contributed by atoms with E-state index in [0.717, 1.165) is 6.07 Å². The maximum atomic E-state index is 12.5. The van der Waals surface area contributed by atoms with Crippen molar-refractivity contribution in [3.63, 3.8) is 0 Å². The van der Waals surface area contributed by atoms with E-state index >= 15 is 0 Å². The van der Waals surface area contributed by atoms with Crippen molar-refractivity contribution in [1.29, 1.82) is 0 Å². The normalized spacial score (nSPS) is 19.1. The number of carbonyl (C=O) groups is 1. The smallest absolute Gasteiger partial charge is 0.211 e. The maximum Gasteiger partial charge on any atom is 0.211 e. The molecule has 1 aliphatic rings. The van der Waals surface area contributed by atoms with Gasteiger partial charge in [-0.3, -0.25) is 4.79 Å². The number of carbonyl (C=O) groups excluding carboxylic acids is 1. The van der Waals surface area contributed by atoms with Gasteiger partial charge in [-0.05, 0) is 12.1 Å². The van der Waals surface area contributed by atoms with Crippen molar-refractivity contribution < 1.29 is 39.4 Å². The van der Waals surface area contributed by atoms with Gasteiger partial charge in [0.2, 0.25) is 11.5 Å². The van der Waals surface area contributed by atoms with Gasteiger partial charge in [-0.25, -0.2) is 0 Å². The molecule has 0 radical (unpaired) electrons. The third-order valence-corrected chi connectivity index (χ3v) is 3.96. The van der Waals surface area contributed by atoms with Crippen molar-refractivity contribution in [2.45, 2.75) is 12.2 Å². The van der Waals surface area contributed by atoms with Crippen LogP contribution < -0.4 is 14.2 Å². The van der Waals surface area contributed by atoms with Crippen molar-refractivity contribution >= 4 is 5.78 Å². The van der Waals surface area contributed by atoms with Gasteiger partial charge in [0.15, 0.2) is 17.6 Å². The summed E-state index contributed by atoms with van der Waals surface area (Å²) in [6.45, 7) is 0. The summed E-state index contributed by atoms with van der Waals surface area (Å²) in [6, 6.07) is 4.94. The highest BCUT2D eigenvalue weighted by Crippen LogP contribution is 2.47. The molecule has 0 amide bonds. The van der Waals surface area contributed by atoms with E-state index in [1.54, 1.807) is 0 Å². The molecule has 0 saturated carbocycles. The lowest BCUT2D eigenvalue weighted by Gasteiger charge is -2.29. The molecule has 2 atom stereocenters. The van der Waals surface area contributed by atoms with Gasteiger partial charge in [0.05, 0.1) is 19.8 Å². The van der Waals surface area contributed by atoms with Crippen LogP contribution in [0.3, 0.4) is 0 Å². The van der Waals surface area contributed by atoms with Gasteiger partial charge in [-0.15, -0.1) is 0 Å². The highest BCUT2D eigenvalue weighted by Gasteiger charge is 2.39. The van der Waals surface area contributed by atoms with Gasteiger partial charge in [-0.2, -0.15) is 0 Å². The van der Waals surface area contributed by atoms with Crippen molar-refractivity contribution in [3.8, 4) is 34.5 Å². The van der Waals surface area contributed by atoms with Crippen LogP contribution in [0.2, 0.25) is 0 Å². The number of hydrogen-bond acceptors (Lipinski definition) is 8. The Labute approximate surface area is 142 Å². The van der Waals surface area contributed by atoms with Gasteiger partial charge in [0.1, 0.15) is 23.4 Å². The molecule has 4 N–H and O–H groups in total. The van der Waals surface area contributed by atoms with E-state index in [2.05, 4.69) is 0 Å². The minimum absolute atomic E-state index is 0.0272. The number of aromatic hydroxyl groups is 3. The number of phenols is 3. The van der Waals surface area contributed by atoms with Gasteiger partial charge in [0.25, 0.3) is 0 Å². The minimum atomic E-state index is -1.64. The second kappa shape index (κ2) is 6.06. The van der Waals surface area contributed by atoms with Crippen molar-refractivity contribution in [1.82, 2.24) is 0 Å². The Hall–Kier alpha value is -3.13. The number of rotatable bonds is 3. The monoisotopic (exact) mass is 348 g/mol. The molecule has 0 aromatic heterocycles. The molecule has 2 unspecified atom stereocenters. The zero-order valence-corrected chi connectivity index (χ0v) is 13.4. The van der Waals surface area contributed by atoms with Crippen LogP contribution in [0, 0.1) is 0 Å². The molecule has 0 spiro atoms. The van der Waals surface area contributed by atoms with E-state index in [4.69, 9.17) is 14.2 Å². The lowest BCUT2D eigenvalue weighted by molar-refractivity contribution is -0.137. The summed E-state index contributed by atoms with van der Waals surface area (Å²) in [4.78, 5) is 12.5. The summed E-state index contributed by atoms with van der Waals surface area (Å²) in [7, 11) is 2.67. The van der Waals surface area contributed by atoms with Crippen LogP contribution in [0.25, 0.3) is 0 Å².